The Morgan fingerprint density at radius 3 is 1.31 bits per heavy atom. The van der Waals surface area contributed by atoms with E-state index in [2.05, 4.69) is 58.5 Å². The summed E-state index contributed by atoms with van der Waals surface area (Å²) >= 11 is 0. The molecular formula is C42H42N8O2. The van der Waals surface area contributed by atoms with E-state index in [0.29, 0.717) is 13.1 Å². The van der Waals surface area contributed by atoms with Gasteiger partial charge in [-0.2, -0.15) is 0 Å². The van der Waals surface area contributed by atoms with Crippen molar-refractivity contribution in [2.75, 3.05) is 13.1 Å². The molecule has 6 N–H and O–H groups in total. The van der Waals surface area contributed by atoms with Gasteiger partial charge in [-0.15, -0.1) is 0 Å². The fourth-order valence-electron chi connectivity index (χ4n) is 7.58. The third-order valence-corrected chi connectivity index (χ3v) is 10.5. The van der Waals surface area contributed by atoms with Crippen LogP contribution in [0.4, 0.5) is 0 Å². The zero-order valence-electron chi connectivity index (χ0n) is 28.9. The molecule has 0 aliphatic carbocycles. The maximum atomic E-state index is 13.4. The predicted octanol–water partition coefficient (Wildman–Crippen LogP) is 6.86. The number of aromatic amines is 2. The van der Waals surface area contributed by atoms with Crippen molar-refractivity contribution in [1.82, 2.24) is 29.7 Å². The summed E-state index contributed by atoms with van der Waals surface area (Å²) in [6, 6.07) is 34.2. The number of nitrogens with one attached hydrogen (secondary N) is 2. The van der Waals surface area contributed by atoms with Gasteiger partial charge < -0.3 is 31.2 Å². The Bertz CT molecular complexity index is 1990. The zero-order chi connectivity index (χ0) is 35.6. The second-order valence-electron chi connectivity index (χ2n) is 13.7. The number of hydrogen-bond acceptors (Lipinski definition) is 6. The normalized spacial score (nSPS) is 18.4. The molecular weight excluding hydrogens is 649 g/mol. The smallest absolute Gasteiger partial charge is 0.244 e. The van der Waals surface area contributed by atoms with Crippen molar-refractivity contribution < 1.29 is 9.59 Å². The lowest BCUT2D eigenvalue weighted by molar-refractivity contribution is -0.134. The van der Waals surface area contributed by atoms with E-state index in [1.54, 1.807) is 0 Å². The number of benzene rings is 4. The average Bonchev–Trinajstić information content (AvgIpc) is 4.04. The van der Waals surface area contributed by atoms with Gasteiger partial charge in [-0.3, -0.25) is 9.59 Å². The second kappa shape index (κ2) is 14.4. The summed E-state index contributed by atoms with van der Waals surface area (Å²) < 4.78 is 0. The van der Waals surface area contributed by atoms with Crippen LogP contribution >= 0.6 is 0 Å². The van der Waals surface area contributed by atoms with E-state index in [9.17, 15) is 9.59 Å². The van der Waals surface area contributed by atoms with Crippen molar-refractivity contribution in [1.29, 1.82) is 0 Å². The first-order valence-corrected chi connectivity index (χ1v) is 18.0. The van der Waals surface area contributed by atoms with Crippen molar-refractivity contribution in [3.63, 3.8) is 0 Å². The van der Waals surface area contributed by atoms with E-state index >= 15 is 0 Å². The van der Waals surface area contributed by atoms with E-state index in [0.717, 1.165) is 82.1 Å². The number of rotatable bonds is 9. The molecule has 2 aromatic heterocycles. The van der Waals surface area contributed by atoms with Crippen LogP contribution in [0.15, 0.2) is 122 Å². The minimum absolute atomic E-state index is 0.0772. The molecule has 6 aromatic rings. The molecule has 10 nitrogen and oxygen atoms in total. The summed E-state index contributed by atoms with van der Waals surface area (Å²) in [7, 11) is 0. The molecule has 52 heavy (non-hydrogen) atoms. The van der Waals surface area contributed by atoms with Crippen LogP contribution in [-0.4, -0.2) is 54.6 Å². The molecule has 0 bridgehead atoms. The number of hydrogen-bond donors (Lipinski definition) is 4. The Morgan fingerprint density at radius 1 is 0.558 bits per heavy atom. The quantitative estimate of drug-likeness (QED) is 0.130. The molecule has 0 saturated carbocycles. The highest BCUT2D eigenvalue weighted by molar-refractivity contribution is 5.84. The molecule has 4 atom stereocenters. The molecule has 2 aliphatic heterocycles. The number of imidazole rings is 2. The summed E-state index contributed by atoms with van der Waals surface area (Å²) in [5, 5.41) is 0. The number of nitrogens with two attached hydrogens (primary N) is 2. The van der Waals surface area contributed by atoms with Gasteiger partial charge in [0, 0.05) is 13.1 Å². The van der Waals surface area contributed by atoms with E-state index in [4.69, 9.17) is 21.4 Å². The van der Waals surface area contributed by atoms with Crippen LogP contribution in [0.25, 0.3) is 33.6 Å². The van der Waals surface area contributed by atoms with Gasteiger partial charge in [0.1, 0.15) is 23.7 Å². The lowest BCUT2D eigenvalue weighted by Gasteiger charge is -2.26. The van der Waals surface area contributed by atoms with E-state index < -0.39 is 12.1 Å². The van der Waals surface area contributed by atoms with Gasteiger partial charge in [0.25, 0.3) is 0 Å². The molecule has 2 saturated heterocycles. The Balaban J connectivity index is 0.920. The summed E-state index contributed by atoms with van der Waals surface area (Å²) in [6.07, 6.45) is 7.19. The predicted molar refractivity (Wildman–Crippen MR) is 201 cm³/mol. The number of carbonyl (C=O) groups is 2. The zero-order valence-corrected chi connectivity index (χ0v) is 28.9. The van der Waals surface area contributed by atoms with Crippen LogP contribution in [0, 0.1) is 0 Å². The highest BCUT2D eigenvalue weighted by Gasteiger charge is 2.36. The fourth-order valence-corrected chi connectivity index (χ4v) is 7.58. The van der Waals surface area contributed by atoms with Crippen LogP contribution in [-0.2, 0) is 9.59 Å². The molecule has 8 rings (SSSR count). The molecule has 4 aromatic carbocycles. The standard InChI is InChI=1S/C42H42N8O2/c43-37(31-9-3-1-4-10-31)41(51)49-23-7-13-35(49)39-45-25-33(47-39)29-19-15-27(16-20-29)28-17-21-30(22-18-28)34-26-46-40(48-34)36-14-8-24-50(36)42(52)38(44)32-11-5-2-6-12-32/h1-6,9-12,15-22,25-26,35-38H,7-8,13-14,23-24,43-44H2,(H,45,47)(H,46,48)/t35?,36?,37-,38-/m1/s1. The molecule has 262 valence electrons. The third-order valence-electron chi connectivity index (χ3n) is 10.5. The molecule has 2 unspecified atom stereocenters. The highest BCUT2D eigenvalue weighted by atomic mass is 16.2. The first-order chi connectivity index (χ1) is 25.4. The fraction of sp³-hybridized carbons (Fsp3) is 0.238. The number of likely N-dealkylation sites (tertiary alicyclic amines) is 2. The second-order valence-corrected chi connectivity index (χ2v) is 13.7. The van der Waals surface area contributed by atoms with E-state index in [-0.39, 0.29) is 23.9 Å². The van der Waals surface area contributed by atoms with Gasteiger partial charge in [0.2, 0.25) is 11.8 Å². The molecule has 10 heteroatoms. The Labute approximate surface area is 302 Å². The topological polar surface area (TPSA) is 150 Å². The van der Waals surface area contributed by atoms with Gasteiger partial charge in [0.05, 0.1) is 35.9 Å². The lowest BCUT2D eigenvalue weighted by atomic mass is 10.0. The Hall–Kier alpha value is -5.84. The van der Waals surface area contributed by atoms with E-state index in [1.165, 1.54) is 0 Å². The Kier molecular flexibility index (Phi) is 9.24. The van der Waals surface area contributed by atoms with Crippen LogP contribution < -0.4 is 11.5 Å². The first-order valence-electron chi connectivity index (χ1n) is 18.0. The number of amides is 2. The molecule has 0 spiro atoms. The summed E-state index contributed by atoms with van der Waals surface area (Å²) in [5.74, 6) is 1.41. The monoisotopic (exact) mass is 690 g/mol. The van der Waals surface area contributed by atoms with Gasteiger partial charge in [0.15, 0.2) is 0 Å². The van der Waals surface area contributed by atoms with Crippen molar-refractivity contribution >= 4 is 11.8 Å². The third kappa shape index (κ3) is 6.54. The molecule has 0 radical (unpaired) electrons. The van der Waals surface area contributed by atoms with Crippen LogP contribution in [0.3, 0.4) is 0 Å². The van der Waals surface area contributed by atoms with Crippen molar-refractivity contribution in [3.05, 3.63) is 144 Å². The van der Waals surface area contributed by atoms with Gasteiger partial charge in [-0.1, -0.05) is 109 Å². The maximum Gasteiger partial charge on any atom is 0.244 e. The summed E-state index contributed by atoms with van der Waals surface area (Å²) in [5.41, 5.74) is 20.4. The van der Waals surface area contributed by atoms with E-state index in [1.807, 2.05) is 82.9 Å². The number of H-pyrrole nitrogens is 2. The van der Waals surface area contributed by atoms with Crippen molar-refractivity contribution in [2.45, 2.75) is 49.9 Å². The van der Waals surface area contributed by atoms with Crippen LogP contribution in [0.1, 0.15) is 72.6 Å². The first kappa shape index (κ1) is 33.3. The van der Waals surface area contributed by atoms with Crippen molar-refractivity contribution in [2.24, 2.45) is 11.5 Å². The van der Waals surface area contributed by atoms with Crippen LogP contribution in [0.5, 0.6) is 0 Å². The Morgan fingerprint density at radius 2 is 0.923 bits per heavy atom. The molecule has 2 fully saturated rings. The average molecular weight is 691 g/mol. The highest BCUT2D eigenvalue weighted by Crippen LogP contribution is 2.36. The van der Waals surface area contributed by atoms with Gasteiger partial charge in [-0.25, -0.2) is 9.97 Å². The number of aromatic nitrogens is 4. The molecule has 2 amide bonds. The summed E-state index contributed by atoms with van der Waals surface area (Å²) in [4.78, 5) is 46.8. The maximum absolute atomic E-state index is 13.4. The minimum Gasteiger partial charge on any atom is -0.340 e. The summed E-state index contributed by atoms with van der Waals surface area (Å²) in [6.45, 7) is 1.33. The SMILES string of the molecule is N[C@@H](C(=O)N1CCCC1c1ncc(-c2ccc(-c3ccc(-c4cnc(C5CCCN5C(=O)[C@H](N)c5ccccc5)[nH]4)cc3)cc2)[nH]1)c1ccccc1. The van der Waals surface area contributed by atoms with Gasteiger partial charge in [-0.05, 0) is 59.1 Å². The lowest BCUT2D eigenvalue weighted by Crippen LogP contribution is -2.38. The van der Waals surface area contributed by atoms with Crippen molar-refractivity contribution in [3.8, 4) is 33.6 Å². The molecule has 4 heterocycles. The molecule has 2 aliphatic rings. The van der Waals surface area contributed by atoms with Gasteiger partial charge >= 0.3 is 0 Å². The van der Waals surface area contributed by atoms with Crippen LogP contribution in [0.2, 0.25) is 0 Å². The number of nitrogens with zero attached hydrogens (tertiary/aromatic N) is 4. The minimum atomic E-state index is -0.695. The largest absolute Gasteiger partial charge is 0.340 e. The number of carbonyl (C=O) groups excluding carboxylic acids is 2.